The molecule has 0 saturated heterocycles. The largest absolute Gasteiger partial charge is 0.466 e. The number of hydrogen-bond donors (Lipinski definition) is 1. The van der Waals surface area contributed by atoms with E-state index in [4.69, 9.17) is 4.74 Å². The van der Waals surface area contributed by atoms with Gasteiger partial charge in [-0.15, -0.1) is 0 Å². The van der Waals surface area contributed by atoms with Crippen LogP contribution >= 0.6 is 0 Å². The van der Waals surface area contributed by atoms with Gasteiger partial charge in [0, 0.05) is 28.3 Å². The maximum absolute atomic E-state index is 13.2. The zero-order valence-corrected chi connectivity index (χ0v) is 14.9. The molecule has 1 N–H and O–H groups in total. The fourth-order valence-corrected chi connectivity index (χ4v) is 3.80. The summed E-state index contributed by atoms with van der Waals surface area (Å²) in [5, 5.41) is 3.28. The number of carbonyl (C=O) groups excluding carboxylic acids is 2. The van der Waals surface area contributed by atoms with Crippen molar-refractivity contribution >= 4 is 17.4 Å². The zero-order chi connectivity index (χ0) is 18.4. The van der Waals surface area contributed by atoms with Crippen molar-refractivity contribution in [2.75, 3.05) is 7.11 Å². The summed E-state index contributed by atoms with van der Waals surface area (Å²) in [6.07, 6.45) is 0. The summed E-state index contributed by atoms with van der Waals surface area (Å²) < 4.78 is 5.03. The number of ketones is 1. The molecule has 4 heteroatoms. The zero-order valence-electron chi connectivity index (χ0n) is 14.9. The van der Waals surface area contributed by atoms with Crippen molar-refractivity contribution in [1.29, 1.82) is 0 Å². The summed E-state index contributed by atoms with van der Waals surface area (Å²) in [7, 11) is 1.37. The minimum absolute atomic E-state index is 0.0393. The molecule has 0 spiro atoms. The Balaban J connectivity index is 1.95. The standard InChI is InChI=1S/C22H19NO3/c1-12-8-10-14(11-9-12)18-17(22(25)26-3)13(2)23-20-15-6-4-5-7-16(15)21(24)19(18)20/h4-11,18,23H,1-3H3/t18-/m1/s1. The number of benzene rings is 2. The van der Waals surface area contributed by atoms with Crippen molar-refractivity contribution in [2.24, 2.45) is 0 Å². The second-order valence-corrected chi connectivity index (χ2v) is 6.66. The van der Waals surface area contributed by atoms with E-state index in [1.165, 1.54) is 7.11 Å². The highest BCUT2D eigenvalue weighted by atomic mass is 16.5. The van der Waals surface area contributed by atoms with Crippen LogP contribution in [-0.4, -0.2) is 18.9 Å². The predicted molar refractivity (Wildman–Crippen MR) is 99.5 cm³/mol. The maximum atomic E-state index is 13.2. The second kappa shape index (κ2) is 5.99. The first-order chi connectivity index (χ1) is 12.5. The molecule has 2 aliphatic rings. The monoisotopic (exact) mass is 345 g/mol. The molecular weight excluding hydrogens is 326 g/mol. The van der Waals surface area contributed by atoms with E-state index in [-0.39, 0.29) is 5.78 Å². The van der Waals surface area contributed by atoms with Crippen LogP contribution in [0.2, 0.25) is 0 Å². The Morgan fingerprint density at radius 1 is 1.00 bits per heavy atom. The van der Waals surface area contributed by atoms with Crippen LogP contribution in [0.4, 0.5) is 0 Å². The number of rotatable bonds is 2. The lowest BCUT2D eigenvalue weighted by atomic mass is 9.79. The molecule has 1 atom stereocenters. The van der Waals surface area contributed by atoms with Crippen molar-refractivity contribution in [3.8, 4) is 0 Å². The van der Waals surface area contributed by atoms with Gasteiger partial charge >= 0.3 is 5.97 Å². The quantitative estimate of drug-likeness (QED) is 0.843. The van der Waals surface area contributed by atoms with Crippen LogP contribution in [0.15, 0.2) is 65.4 Å². The Labute approximate surface area is 152 Å². The van der Waals surface area contributed by atoms with Gasteiger partial charge in [0.2, 0.25) is 0 Å². The summed E-state index contributed by atoms with van der Waals surface area (Å²) >= 11 is 0. The molecule has 0 unspecified atom stereocenters. The summed E-state index contributed by atoms with van der Waals surface area (Å²) in [6.45, 7) is 3.86. The highest BCUT2D eigenvalue weighted by Gasteiger charge is 2.42. The second-order valence-electron chi connectivity index (χ2n) is 6.66. The normalized spacial score (nSPS) is 18.4. The molecule has 0 aromatic heterocycles. The topological polar surface area (TPSA) is 55.4 Å². The lowest BCUT2D eigenvalue weighted by molar-refractivity contribution is -0.136. The van der Waals surface area contributed by atoms with Gasteiger partial charge in [0.1, 0.15) is 0 Å². The summed E-state index contributed by atoms with van der Waals surface area (Å²) in [5.41, 5.74) is 6.18. The number of hydrogen-bond acceptors (Lipinski definition) is 4. The first-order valence-electron chi connectivity index (χ1n) is 8.54. The Kier molecular flexibility index (Phi) is 3.76. The van der Waals surface area contributed by atoms with Crippen molar-refractivity contribution in [1.82, 2.24) is 5.32 Å². The van der Waals surface area contributed by atoms with E-state index in [0.29, 0.717) is 22.4 Å². The third-order valence-corrected chi connectivity index (χ3v) is 5.06. The molecule has 26 heavy (non-hydrogen) atoms. The van der Waals surface area contributed by atoms with Crippen LogP contribution < -0.4 is 5.32 Å². The van der Waals surface area contributed by atoms with E-state index in [1.54, 1.807) is 0 Å². The summed E-state index contributed by atoms with van der Waals surface area (Å²) in [5.74, 6) is -0.905. The smallest absolute Gasteiger partial charge is 0.336 e. The number of Topliss-reactive ketones (excluding diaryl/α,β-unsaturated/α-hetero) is 1. The van der Waals surface area contributed by atoms with E-state index >= 15 is 0 Å². The number of dihydropyridines is 1. The highest BCUT2D eigenvalue weighted by molar-refractivity contribution is 6.23. The molecule has 1 aliphatic carbocycles. The Morgan fingerprint density at radius 2 is 1.65 bits per heavy atom. The van der Waals surface area contributed by atoms with Crippen LogP contribution in [0.5, 0.6) is 0 Å². The predicted octanol–water partition coefficient (Wildman–Crippen LogP) is 3.74. The molecule has 1 aliphatic heterocycles. The van der Waals surface area contributed by atoms with Crippen molar-refractivity contribution in [3.63, 3.8) is 0 Å². The Bertz CT molecular complexity index is 996. The number of allylic oxidation sites excluding steroid dienone is 2. The number of methoxy groups -OCH3 is 1. The number of carbonyl (C=O) groups is 2. The average Bonchev–Trinajstić information content (AvgIpc) is 2.93. The Hall–Kier alpha value is -3.14. The van der Waals surface area contributed by atoms with Crippen molar-refractivity contribution in [3.05, 3.63) is 87.6 Å². The van der Waals surface area contributed by atoms with Crippen LogP contribution in [-0.2, 0) is 9.53 Å². The number of aryl methyl sites for hydroxylation is 1. The molecule has 0 amide bonds. The molecule has 0 fully saturated rings. The third-order valence-electron chi connectivity index (χ3n) is 5.06. The van der Waals surface area contributed by atoms with Gasteiger partial charge in [0.25, 0.3) is 0 Å². The van der Waals surface area contributed by atoms with E-state index < -0.39 is 11.9 Å². The van der Waals surface area contributed by atoms with Crippen LogP contribution in [0.3, 0.4) is 0 Å². The van der Waals surface area contributed by atoms with Gasteiger partial charge in [0.15, 0.2) is 5.78 Å². The maximum Gasteiger partial charge on any atom is 0.336 e. The lowest BCUT2D eigenvalue weighted by Crippen LogP contribution is -2.29. The van der Waals surface area contributed by atoms with E-state index in [2.05, 4.69) is 5.32 Å². The summed E-state index contributed by atoms with van der Waals surface area (Å²) in [6, 6.07) is 15.5. The molecular formula is C22H19NO3. The molecule has 130 valence electrons. The van der Waals surface area contributed by atoms with E-state index in [0.717, 1.165) is 22.4 Å². The van der Waals surface area contributed by atoms with E-state index in [1.807, 2.05) is 62.4 Å². The van der Waals surface area contributed by atoms with Gasteiger partial charge < -0.3 is 10.1 Å². The van der Waals surface area contributed by atoms with E-state index in [9.17, 15) is 9.59 Å². The molecule has 4 nitrogen and oxygen atoms in total. The van der Waals surface area contributed by atoms with Gasteiger partial charge in [-0.3, -0.25) is 4.79 Å². The SMILES string of the molecule is COC(=O)C1=C(C)NC2=C(C(=O)c3ccccc32)[C@@H]1c1ccc(C)cc1. The molecule has 0 bridgehead atoms. The number of esters is 1. The molecule has 0 saturated carbocycles. The number of nitrogens with one attached hydrogen (secondary N) is 1. The summed E-state index contributed by atoms with van der Waals surface area (Å²) in [4.78, 5) is 25.7. The fraction of sp³-hybridized carbons (Fsp3) is 0.182. The van der Waals surface area contributed by atoms with Crippen LogP contribution in [0.1, 0.15) is 39.9 Å². The van der Waals surface area contributed by atoms with Crippen LogP contribution in [0.25, 0.3) is 5.70 Å². The van der Waals surface area contributed by atoms with Crippen molar-refractivity contribution < 1.29 is 14.3 Å². The van der Waals surface area contributed by atoms with Gasteiger partial charge in [-0.05, 0) is 19.4 Å². The molecule has 1 heterocycles. The number of fused-ring (bicyclic) bond motifs is 2. The first-order valence-corrected chi connectivity index (χ1v) is 8.54. The number of ether oxygens (including phenoxy) is 1. The lowest BCUT2D eigenvalue weighted by Gasteiger charge is -2.29. The molecule has 4 rings (SSSR count). The Morgan fingerprint density at radius 3 is 2.31 bits per heavy atom. The fourth-order valence-electron chi connectivity index (χ4n) is 3.80. The van der Waals surface area contributed by atoms with Gasteiger partial charge in [-0.25, -0.2) is 4.79 Å². The molecule has 0 radical (unpaired) electrons. The minimum atomic E-state index is -0.445. The average molecular weight is 345 g/mol. The first kappa shape index (κ1) is 16.3. The van der Waals surface area contributed by atoms with Crippen LogP contribution in [0, 0.1) is 6.92 Å². The molecule has 2 aromatic rings. The van der Waals surface area contributed by atoms with Gasteiger partial charge in [0.05, 0.1) is 18.4 Å². The molecule has 2 aromatic carbocycles. The third kappa shape index (κ3) is 2.30. The minimum Gasteiger partial charge on any atom is -0.466 e. The van der Waals surface area contributed by atoms with Gasteiger partial charge in [-0.1, -0.05) is 54.1 Å². The highest BCUT2D eigenvalue weighted by Crippen LogP contribution is 2.46. The van der Waals surface area contributed by atoms with Gasteiger partial charge in [-0.2, -0.15) is 0 Å². The van der Waals surface area contributed by atoms with Crippen molar-refractivity contribution in [2.45, 2.75) is 19.8 Å².